The first kappa shape index (κ1) is 15.4. The van der Waals surface area contributed by atoms with E-state index in [0.717, 1.165) is 19.4 Å². The van der Waals surface area contributed by atoms with Gasteiger partial charge in [-0.25, -0.2) is 9.59 Å². The Kier molecular flexibility index (Phi) is 4.85. The van der Waals surface area contributed by atoms with E-state index in [4.69, 9.17) is 9.84 Å². The van der Waals surface area contributed by atoms with E-state index in [2.05, 4.69) is 10.3 Å². The van der Waals surface area contributed by atoms with Crippen molar-refractivity contribution in [1.29, 1.82) is 0 Å². The molecule has 0 aromatic carbocycles. The van der Waals surface area contributed by atoms with Crippen LogP contribution in [0.5, 0.6) is 0 Å². The summed E-state index contributed by atoms with van der Waals surface area (Å²) in [7, 11) is 0. The zero-order chi connectivity index (χ0) is 15.4. The van der Waals surface area contributed by atoms with Crippen molar-refractivity contribution >= 4 is 17.7 Å². The Morgan fingerprint density at radius 2 is 2.33 bits per heavy atom. The second-order valence-corrected chi connectivity index (χ2v) is 5.15. The number of anilines is 1. The van der Waals surface area contributed by atoms with Gasteiger partial charge in [0.25, 0.3) is 0 Å². The number of amides is 2. The summed E-state index contributed by atoms with van der Waals surface area (Å²) < 4.78 is 5.53. The molecule has 0 aliphatic carbocycles. The molecule has 1 aromatic heterocycles. The maximum Gasteiger partial charge on any atom is 0.354 e. The first-order valence-corrected chi connectivity index (χ1v) is 7.11. The number of hydrogen-bond acceptors (Lipinski definition) is 3. The molecule has 1 aromatic rings. The molecule has 2 heterocycles. The topological polar surface area (TPSA) is 94.7 Å². The first-order chi connectivity index (χ1) is 10.0. The number of carbonyl (C=O) groups excluding carboxylic acids is 1. The number of H-pyrrole nitrogens is 1. The van der Waals surface area contributed by atoms with Gasteiger partial charge in [0.15, 0.2) is 0 Å². The molecule has 1 unspecified atom stereocenters. The van der Waals surface area contributed by atoms with Crippen LogP contribution in [-0.4, -0.2) is 52.8 Å². The Morgan fingerprint density at radius 3 is 2.90 bits per heavy atom. The molecule has 1 fully saturated rings. The Bertz CT molecular complexity index is 520. The Morgan fingerprint density at radius 1 is 1.57 bits per heavy atom. The molecule has 1 atom stereocenters. The van der Waals surface area contributed by atoms with Crippen LogP contribution in [0.4, 0.5) is 10.5 Å². The Balaban J connectivity index is 2.03. The average molecular weight is 295 g/mol. The lowest BCUT2D eigenvalue weighted by molar-refractivity contribution is 0.0692. The Hall–Kier alpha value is -2.02. The number of rotatable bonds is 5. The van der Waals surface area contributed by atoms with E-state index in [9.17, 15) is 9.59 Å². The number of likely N-dealkylation sites (N-methyl/N-ethyl adjacent to an activating group) is 1. The van der Waals surface area contributed by atoms with Crippen LogP contribution in [0.25, 0.3) is 0 Å². The van der Waals surface area contributed by atoms with Gasteiger partial charge in [-0.1, -0.05) is 0 Å². The summed E-state index contributed by atoms with van der Waals surface area (Å²) in [5.74, 6) is -1.10. The quantitative estimate of drug-likeness (QED) is 0.775. The summed E-state index contributed by atoms with van der Waals surface area (Å²) in [5.41, 5.74) is 0.967. The number of nitrogens with zero attached hydrogens (tertiary/aromatic N) is 1. The monoisotopic (exact) mass is 295 g/mol. The van der Waals surface area contributed by atoms with Crippen LogP contribution < -0.4 is 5.32 Å². The van der Waals surface area contributed by atoms with E-state index in [0.29, 0.717) is 18.8 Å². The molecule has 2 rings (SSSR count). The summed E-state index contributed by atoms with van der Waals surface area (Å²) >= 11 is 0. The van der Waals surface area contributed by atoms with E-state index < -0.39 is 5.97 Å². The molecular formula is C14H21N3O4. The zero-order valence-electron chi connectivity index (χ0n) is 12.3. The van der Waals surface area contributed by atoms with Gasteiger partial charge in [-0.2, -0.15) is 0 Å². The van der Waals surface area contributed by atoms with Crippen LogP contribution in [-0.2, 0) is 4.74 Å². The van der Waals surface area contributed by atoms with E-state index in [-0.39, 0.29) is 23.5 Å². The third-order valence-electron chi connectivity index (χ3n) is 3.52. The standard InChI is InChI=1S/C14H21N3O4/c1-3-17(8-10-5-4-6-21-10)14(20)16-11-7-9(2)15-12(11)13(18)19/h7,10,15H,3-6,8H2,1-2H3,(H,16,20)(H,18,19). The fourth-order valence-corrected chi connectivity index (χ4v) is 2.44. The highest BCUT2D eigenvalue weighted by Crippen LogP contribution is 2.18. The molecule has 7 nitrogen and oxygen atoms in total. The van der Waals surface area contributed by atoms with Crippen LogP contribution in [0.1, 0.15) is 35.9 Å². The van der Waals surface area contributed by atoms with Crippen molar-refractivity contribution in [2.24, 2.45) is 0 Å². The van der Waals surface area contributed by atoms with E-state index in [1.54, 1.807) is 17.9 Å². The second-order valence-electron chi connectivity index (χ2n) is 5.15. The number of nitrogens with one attached hydrogen (secondary N) is 2. The third-order valence-corrected chi connectivity index (χ3v) is 3.52. The molecule has 116 valence electrons. The summed E-state index contributed by atoms with van der Waals surface area (Å²) in [6.45, 7) is 5.43. The number of aryl methyl sites for hydroxylation is 1. The number of aromatic nitrogens is 1. The van der Waals surface area contributed by atoms with Crippen molar-refractivity contribution in [2.45, 2.75) is 32.8 Å². The maximum absolute atomic E-state index is 12.3. The lowest BCUT2D eigenvalue weighted by Crippen LogP contribution is -2.40. The molecule has 2 amide bonds. The van der Waals surface area contributed by atoms with Crippen molar-refractivity contribution in [1.82, 2.24) is 9.88 Å². The van der Waals surface area contributed by atoms with E-state index in [1.807, 2.05) is 6.92 Å². The summed E-state index contributed by atoms with van der Waals surface area (Å²) in [5, 5.41) is 11.8. The Labute approximate surface area is 123 Å². The molecule has 1 saturated heterocycles. The molecule has 0 saturated carbocycles. The fourth-order valence-electron chi connectivity index (χ4n) is 2.44. The number of carboxylic acid groups (broad SMARTS) is 1. The van der Waals surface area contributed by atoms with Crippen molar-refractivity contribution in [3.05, 3.63) is 17.5 Å². The van der Waals surface area contributed by atoms with Gasteiger partial charge >= 0.3 is 12.0 Å². The highest BCUT2D eigenvalue weighted by molar-refractivity contribution is 5.99. The number of hydrogen-bond donors (Lipinski definition) is 3. The highest BCUT2D eigenvalue weighted by atomic mass is 16.5. The SMILES string of the molecule is CCN(CC1CCCO1)C(=O)Nc1cc(C)[nH]c1C(=O)O. The molecule has 1 aliphatic rings. The smallest absolute Gasteiger partial charge is 0.354 e. The van der Waals surface area contributed by atoms with Gasteiger partial charge in [0.2, 0.25) is 0 Å². The third kappa shape index (κ3) is 3.75. The number of aromatic amines is 1. The number of carbonyl (C=O) groups is 2. The van der Waals surface area contributed by atoms with Crippen LogP contribution in [0.3, 0.4) is 0 Å². The van der Waals surface area contributed by atoms with Crippen LogP contribution >= 0.6 is 0 Å². The number of aromatic carboxylic acids is 1. The van der Waals surface area contributed by atoms with Crippen molar-refractivity contribution in [3.8, 4) is 0 Å². The van der Waals surface area contributed by atoms with Gasteiger partial charge in [-0.3, -0.25) is 0 Å². The molecule has 0 spiro atoms. The van der Waals surface area contributed by atoms with Gasteiger partial charge in [-0.15, -0.1) is 0 Å². The molecule has 3 N–H and O–H groups in total. The summed E-state index contributed by atoms with van der Waals surface area (Å²) in [6, 6.07) is 1.30. The van der Waals surface area contributed by atoms with Crippen LogP contribution in [0.2, 0.25) is 0 Å². The van der Waals surface area contributed by atoms with Gasteiger partial charge < -0.3 is 25.0 Å². The molecule has 21 heavy (non-hydrogen) atoms. The minimum atomic E-state index is -1.10. The van der Waals surface area contributed by atoms with Gasteiger partial charge in [0.1, 0.15) is 5.69 Å². The average Bonchev–Trinajstić information content (AvgIpc) is 3.05. The lowest BCUT2D eigenvalue weighted by Gasteiger charge is -2.24. The normalized spacial score (nSPS) is 17.7. The minimum absolute atomic E-state index is 0.00554. The van der Waals surface area contributed by atoms with Gasteiger partial charge in [0.05, 0.1) is 11.8 Å². The molecule has 1 aliphatic heterocycles. The summed E-state index contributed by atoms with van der Waals surface area (Å²) in [6.07, 6.45) is 2.04. The molecular weight excluding hydrogens is 274 g/mol. The lowest BCUT2D eigenvalue weighted by atomic mass is 10.2. The van der Waals surface area contributed by atoms with Crippen LogP contribution in [0.15, 0.2) is 6.07 Å². The summed E-state index contributed by atoms with van der Waals surface area (Å²) in [4.78, 5) is 27.7. The molecule has 0 bridgehead atoms. The maximum atomic E-state index is 12.3. The van der Waals surface area contributed by atoms with Gasteiger partial charge in [-0.05, 0) is 32.8 Å². The number of ether oxygens (including phenoxy) is 1. The highest BCUT2D eigenvalue weighted by Gasteiger charge is 2.23. The predicted octanol–water partition coefficient (Wildman–Crippen LogP) is 2.05. The number of urea groups is 1. The zero-order valence-corrected chi connectivity index (χ0v) is 12.3. The number of carboxylic acids is 1. The molecule has 0 radical (unpaired) electrons. The van der Waals surface area contributed by atoms with Crippen molar-refractivity contribution < 1.29 is 19.4 Å². The minimum Gasteiger partial charge on any atom is -0.477 e. The predicted molar refractivity (Wildman–Crippen MR) is 77.7 cm³/mol. The molecule has 7 heteroatoms. The van der Waals surface area contributed by atoms with Crippen molar-refractivity contribution in [3.63, 3.8) is 0 Å². The second kappa shape index (κ2) is 6.62. The van der Waals surface area contributed by atoms with Crippen LogP contribution in [0, 0.1) is 6.92 Å². The van der Waals surface area contributed by atoms with Crippen molar-refractivity contribution in [2.75, 3.05) is 25.0 Å². The largest absolute Gasteiger partial charge is 0.477 e. The fraction of sp³-hybridized carbons (Fsp3) is 0.571. The first-order valence-electron chi connectivity index (χ1n) is 7.11. The van der Waals surface area contributed by atoms with Gasteiger partial charge in [0, 0.05) is 25.4 Å². The van der Waals surface area contributed by atoms with E-state index in [1.165, 1.54) is 0 Å². The van der Waals surface area contributed by atoms with E-state index >= 15 is 0 Å².